The molecular formula is C13H16N4O3. The lowest BCUT2D eigenvalue weighted by Crippen LogP contribution is -2.28. The molecule has 0 aliphatic heterocycles. The van der Waals surface area contributed by atoms with Crippen LogP contribution in [0, 0.1) is 13.8 Å². The Morgan fingerprint density at radius 1 is 1.45 bits per heavy atom. The van der Waals surface area contributed by atoms with Gasteiger partial charge in [-0.3, -0.25) is 9.36 Å². The maximum Gasteiger partial charge on any atom is 0.348 e. The third-order valence-corrected chi connectivity index (χ3v) is 3.22. The van der Waals surface area contributed by atoms with Crippen LogP contribution in [0.4, 0.5) is 0 Å². The molecule has 2 heterocycles. The number of nitrogens with one attached hydrogen (secondary N) is 1. The van der Waals surface area contributed by atoms with Crippen LogP contribution in [0.1, 0.15) is 29.2 Å². The predicted molar refractivity (Wildman–Crippen MR) is 71.6 cm³/mol. The zero-order chi connectivity index (χ0) is 14.7. The van der Waals surface area contributed by atoms with Crippen LogP contribution in [0.15, 0.2) is 17.2 Å². The van der Waals surface area contributed by atoms with E-state index < -0.39 is 5.97 Å². The topological polar surface area (TPSA) is 101 Å². The Morgan fingerprint density at radius 2 is 2.20 bits per heavy atom. The average Bonchev–Trinajstić information content (AvgIpc) is 2.86. The first-order valence-electron chi connectivity index (χ1n) is 6.26. The number of carbonyl (C=O) groups is 1. The maximum absolute atomic E-state index is 12.0. The van der Waals surface area contributed by atoms with E-state index in [4.69, 9.17) is 5.11 Å². The van der Waals surface area contributed by atoms with Gasteiger partial charge in [-0.15, -0.1) is 0 Å². The Balaban J connectivity index is 2.38. The second-order valence-corrected chi connectivity index (χ2v) is 4.56. The van der Waals surface area contributed by atoms with E-state index in [1.54, 1.807) is 26.2 Å². The Kier molecular flexibility index (Phi) is 3.97. The van der Waals surface area contributed by atoms with E-state index in [-0.39, 0.29) is 12.1 Å². The molecule has 0 amide bonds. The van der Waals surface area contributed by atoms with Gasteiger partial charge < -0.3 is 10.1 Å². The molecule has 0 saturated heterocycles. The number of carboxylic acids is 1. The minimum atomic E-state index is -0.868. The van der Waals surface area contributed by atoms with Gasteiger partial charge in [-0.2, -0.15) is 4.98 Å². The van der Waals surface area contributed by atoms with Crippen molar-refractivity contribution in [1.29, 1.82) is 0 Å². The van der Waals surface area contributed by atoms with Crippen LogP contribution in [-0.2, 0) is 17.8 Å². The summed E-state index contributed by atoms with van der Waals surface area (Å²) in [7, 11) is 0. The van der Waals surface area contributed by atoms with E-state index in [1.165, 1.54) is 4.57 Å². The van der Waals surface area contributed by atoms with Crippen molar-refractivity contribution in [2.45, 2.75) is 33.2 Å². The Bertz CT molecular complexity index is 674. The van der Waals surface area contributed by atoms with Gasteiger partial charge in [0, 0.05) is 30.2 Å². The average molecular weight is 276 g/mol. The molecule has 20 heavy (non-hydrogen) atoms. The van der Waals surface area contributed by atoms with Crippen LogP contribution in [0.25, 0.3) is 0 Å². The lowest BCUT2D eigenvalue weighted by atomic mass is 10.1. The molecule has 2 N–H and O–H groups in total. The number of aromatic amines is 1. The largest absolute Gasteiger partial charge is 0.481 e. The molecule has 0 radical (unpaired) electrons. The van der Waals surface area contributed by atoms with Crippen LogP contribution < -0.4 is 5.69 Å². The molecule has 0 aliphatic carbocycles. The molecule has 0 spiro atoms. The van der Waals surface area contributed by atoms with Crippen molar-refractivity contribution in [2.24, 2.45) is 0 Å². The first-order chi connectivity index (χ1) is 9.49. The molecule has 2 aromatic heterocycles. The Hall–Kier alpha value is -2.44. The highest BCUT2D eigenvalue weighted by Crippen LogP contribution is 2.12. The molecule has 0 aromatic carbocycles. The molecular weight excluding hydrogens is 260 g/mol. The first-order valence-corrected chi connectivity index (χ1v) is 6.26. The van der Waals surface area contributed by atoms with E-state index in [9.17, 15) is 9.59 Å². The Morgan fingerprint density at radius 3 is 2.80 bits per heavy atom. The lowest BCUT2D eigenvalue weighted by Gasteiger charge is -2.14. The van der Waals surface area contributed by atoms with Gasteiger partial charge in [0.05, 0.1) is 6.54 Å². The van der Waals surface area contributed by atoms with E-state index in [0.29, 0.717) is 24.5 Å². The van der Waals surface area contributed by atoms with Gasteiger partial charge in [-0.25, -0.2) is 9.78 Å². The van der Waals surface area contributed by atoms with Crippen molar-refractivity contribution in [3.63, 3.8) is 0 Å². The standard InChI is InChI=1S/C13H16N4O3/c1-8-10(3-4-12(18)19)9(2)17(13(20)16-8)7-11-14-5-6-15-11/h5-6H,3-4,7H2,1-2H3,(H,14,15)(H,18,19). The van der Waals surface area contributed by atoms with Crippen LogP contribution in [0.3, 0.4) is 0 Å². The fraction of sp³-hybridized carbons (Fsp3) is 0.385. The summed E-state index contributed by atoms with van der Waals surface area (Å²) in [4.78, 5) is 33.7. The summed E-state index contributed by atoms with van der Waals surface area (Å²) in [5.41, 5.74) is 1.78. The summed E-state index contributed by atoms with van der Waals surface area (Å²) in [6, 6.07) is 0. The third-order valence-electron chi connectivity index (χ3n) is 3.22. The predicted octanol–water partition coefficient (Wildman–Crippen LogP) is 0.649. The first kappa shape index (κ1) is 14.0. The zero-order valence-corrected chi connectivity index (χ0v) is 11.4. The van der Waals surface area contributed by atoms with Crippen LogP contribution in [0.5, 0.6) is 0 Å². The van der Waals surface area contributed by atoms with E-state index in [2.05, 4.69) is 15.0 Å². The number of rotatable bonds is 5. The van der Waals surface area contributed by atoms with E-state index >= 15 is 0 Å². The number of hydrogen-bond acceptors (Lipinski definition) is 4. The lowest BCUT2D eigenvalue weighted by molar-refractivity contribution is -0.136. The quantitative estimate of drug-likeness (QED) is 0.835. The van der Waals surface area contributed by atoms with Crippen molar-refractivity contribution in [3.05, 3.63) is 45.7 Å². The van der Waals surface area contributed by atoms with Crippen molar-refractivity contribution in [2.75, 3.05) is 0 Å². The van der Waals surface area contributed by atoms with Crippen LogP contribution in [-0.4, -0.2) is 30.6 Å². The van der Waals surface area contributed by atoms with Gasteiger partial charge >= 0.3 is 11.7 Å². The minimum absolute atomic E-state index is 0.0162. The van der Waals surface area contributed by atoms with Crippen molar-refractivity contribution >= 4 is 5.97 Å². The minimum Gasteiger partial charge on any atom is -0.481 e. The van der Waals surface area contributed by atoms with Gasteiger partial charge in [-0.1, -0.05) is 0 Å². The highest BCUT2D eigenvalue weighted by atomic mass is 16.4. The van der Waals surface area contributed by atoms with E-state index in [0.717, 1.165) is 11.3 Å². The number of carboxylic acid groups (broad SMARTS) is 1. The third kappa shape index (κ3) is 2.93. The second kappa shape index (κ2) is 5.68. The summed E-state index contributed by atoms with van der Waals surface area (Å²) in [6.07, 6.45) is 3.67. The van der Waals surface area contributed by atoms with Gasteiger partial charge in [0.15, 0.2) is 0 Å². The highest BCUT2D eigenvalue weighted by molar-refractivity contribution is 5.67. The number of H-pyrrole nitrogens is 1. The smallest absolute Gasteiger partial charge is 0.348 e. The monoisotopic (exact) mass is 276 g/mol. The number of aliphatic carboxylic acids is 1. The summed E-state index contributed by atoms with van der Waals surface area (Å²) in [6.45, 7) is 3.82. The SMILES string of the molecule is Cc1nc(=O)n(Cc2ncc[nH]2)c(C)c1CCC(=O)O. The molecule has 7 nitrogen and oxygen atoms in total. The molecule has 0 atom stereocenters. The Labute approximate surface area is 115 Å². The summed E-state index contributed by atoms with van der Waals surface area (Å²) in [5.74, 6) is -0.211. The van der Waals surface area contributed by atoms with Gasteiger partial charge in [0.25, 0.3) is 0 Å². The van der Waals surface area contributed by atoms with Crippen LogP contribution in [0.2, 0.25) is 0 Å². The zero-order valence-electron chi connectivity index (χ0n) is 11.4. The normalized spacial score (nSPS) is 10.7. The van der Waals surface area contributed by atoms with Crippen molar-refractivity contribution in [3.8, 4) is 0 Å². The summed E-state index contributed by atoms with van der Waals surface area (Å²) >= 11 is 0. The molecule has 0 fully saturated rings. The fourth-order valence-corrected chi connectivity index (χ4v) is 2.15. The molecule has 0 bridgehead atoms. The molecule has 7 heteroatoms. The summed E-state index contributed by atoms with van der Waals surface area (Å²) in [5, 5.41) is 8.78. The molecule has 0 unspecified atom stereocenters. The molecule has 0 saturated carbocycles. The van der Waals surface area contributed by atoms with E-state index in [1.807, 2.05) is 0 Å². The molecule has 2 rings (SSSR count). The van der Waals surface area contributed by atoms with Crippen molar-refractivity contribution in [1.82, 2.24) is 19.5 Å². The van der Waals surface area contributed by atoms with Gasteiger partial charge in [0.2, 0.25) is 0 Å². The number of nitrogens with zero attached hydrogens (tertiary/aromatic N) is 3. The molecule has 2 aromatic rings. The second-order valence-electron chi connectivity index (χ2n) is 4.56. The summed E-state index contributed by atoms with van der Waals surface area (Å²) < 4.78 is 1.50. The maximum atomic E-state index is 12.0. The molecule has 0 aliphatic rings. The van der Waals surface area contributed by atoms with Crippen LogP contribution >= 0.6 is 0 Å². The molecule has 106 valence electrons. The number of aryl methyl sites for hydroxylation is 1. The van der Waals surface area contributed by atoms with Gasteiger partial charge in [-0.05, 0) is 25.8 Å². The fourth-order valence-electron chi connectivity index (χ4n) is 2.15. The van der Waals surface area contributed by atoms with Crippen molar-refractivity contribution < 1.29 is 9.90 Å². The number of hydrogen-bond donors (Lipinski definition) is 2. The number of aromatic nitrogens is 4. The number of imidazole rings is 1. The highest BCUT2D eigenvalue weighted by Gasteiger charge is 2.13. The van der Waals surface area contributed by atoms with Gasteiger partial charge in [0.1, 0.15) is 5.82 Å².